The summed E-state index contributed by atoms with van der Waals surface area (Å²) in [6.07, 6.45) is 2.85. The van der Waals surface area contributed by atoms with E-state index in [0.29, 0.717) is 11.6 Å². The predicted octanol–water partition coefficient (Wildman–Crippen LogP) is 4.43. The second-order valence-corrected chi connectivity index (χ2v) is 12.7. The van der Waals surface area contributed by atoms with Crippen LogP contribution in [0.25, 0.3) is 0 Å². The molecule has 1 saturated heterocycles. The molecule has 2 aliphatic rings. The largest absolute Gasteiger partial charge is 0.507 e. The Kier molecular flexibility index (Phi) is 6.53. The lowest BCUT2D eigenvalue weighted by molar-refractivity contribution is -0.135. The van der Waals surface area contributed by atoms with Crippen molar-refractivity contribution in [3.05, 3.63) is 53.1 Å². The van der Waals surface area contributed by atoms with Gasteiger partial charge in [-0.15, -0.1) is 0 Å². The van der Waals surface area contributed by atoms with Gasteiger partial charge in [0.05, 0.1) is 4.90 Å². The van der Waals surface area contributed by atoms with Gasteiger partial charge in [0.2, 0.25) is 0 Å². The molecule has 4 rings (SSSR count). The lowest BCUT2D eigenvalue weighted by Gasteiger charge is -2.39. The number of nitrogens with zero attached hydrogens (tertiary/aromatic N) is 1. The summed E-state index contributed by atoms with van der Waals surface area (Å²) in [5.41, 5.74) is 0.126. The molecule has 0 aromatic heterocycles. The molecule has 2 aromatic rings. The highest BCUT2D eigenvalue weighted by Crippen LogP contribution is 2.52. The molecule has 2 aromatic carbocycles. The number of rotatable bonds is 6. The molecule has 0 radical (unpaired) electrons. The van der Waals surface area contributed by atoms with Crippen LogP contribution in [-0.2, 0) is 19.6 Å². The van der Waals surface area contributed by atoms with Crippen LogP contribution in [0.2, 0.25) is 5.02 Å². The van der Waals surface area contributed by atoms with Gasteiger partial charge < -0.3 is 14.7 Å². The van der Waals surface area contributed by atoms with Crippen LogP contribution in [0.4, 0.5) is 5.69 Å². The number of carbonyl (C=O) groups excluding carboxylic acids is 2. The van der Waals surface area contributed by atoms with Crippen LogP contribution in [0.15, 0.2) is 47.4 Å². The zero-order valence-electron chi connectivity index (χ0n) is 19.9. The lowest BCUT2D eigenvalue weighted by Crippen LogP contribution is -2.39. The van der Waals surface area contributed by atoms with Crippen molar-refractivity contribution < 1.29 is 27.9 Å². The number of likely N-dealkylation sites (tertiary alicyclic amines) is 1. The van der Waals surface area contributed by atoms with Gasteiger partial charge in [-0.05, 0) is 72.6 Å². The number of aromatic hydroxyl groups is 1. The van der Waals surface area contributed by atoms with Crippen molar-refractivity contribution in [2.24, 2.45) is 10.8 Å². The van der Waals surface area contributed by atoms with Crippen molar-refractivity contribution in [1.82, 2.24) is 4.90 Å². The fourth-order valence-corrected chi connectivity index (χ4v) is 6.83. The van der Waals surface area contributed by atoms with E-state index >= 15 is 0 Å². The number of sulfonamides is 1. The minimum absolute atomic E-state index is 0.0458. The number of phenols is 1. The van der Waals surface area contributed by atoms with Gasteiger partial charge in [-0.2, -0.15) is 0 Å². The number of ether oxygens (including phenoxy) is 1. The van der Waals surface area contributed by atoms with Crippen molar-refractivity contribution >= 4 is 39.2 Å². The van der Waals surface area contributed by atoms with Gasteiger partial charge >= 0.3 is 5.97 Å². The second-order valence-electron chi connectivity index (χ2n) is 10.6. The van der Waals surface area contributed by atoms with E-state index in [9.17, 15) is 23.1 Å². The van der Waals surface area contributed by atoms with Crippen LogP contribution in [-0.4, -0.2) is 49.5 Å². The Morgan fingerprint density at radius 2 is 1.83 bits per heavy atom. The minimum atomic E-state index is -4.06. The third kappa shape index (κ3) is 5.56. The van der Waals surface area contributed by atoms with Gasteiger partial charge in [0, 0.05) is 23.3 Å². The van der Waals surface area contributed by atoms with Crippen LogP contribution < -0.4 is 4.72 Å². The zero-order valence-corrected chi connectivity index (χ0v) is 21.4. The quantitative estimate of drug-likeness (QED) is 0.545. The van der Waals surface area contributed by atoms with Crippen molar-refractivity contribution in [3.8, 4) is 5.75 Å². The lowest BCUT2D eigenvalue weighted by atomic mass is 9.65. The molecule has 2 fully saturated rings. The van der Waals surface area contributed by atoms with E-state index in [-0.39, 0.29) is 38.9 Å². The fourth-order valence-electron chi connectivity index (χ4n) is 5.62. The first-order valence-electron chi connectivity index (χ1n) is 11.4. The van der Waals surface area contributed by atoms with Crippen LogP contribution in [0.3, 0.4) is 0 Å². The van der Waals surface area contributed by atoms with Gasteiger partial charge in [0.15, 0.2) is 6.61 Å². The molecule has 1 aliphatic carbocycles. The smallest absolute Gasteiger partial charge is 0.342 e. The SMILES string of the molecule is CC1(C)CC2CC(C)(CN2C(=O)COC(=O)c2cc(S(=O)(=O)Nc3ccc(Cl)cc3)ccc2O)C1. The molecule has 1 saturated carbocycles. The maximum absolute atomic E-state index is 12.9. The van der Waals surface area contributed by atoms with Gasteiger partial charge in [-0.3, -0.25) is 9.52 Å². The summed E-state index contributed by atoms with van der Waals surface area (Å²) < 4.78 is 33.1. The third-order valence-electron chi connectivity index (χ3n) is 6.66. The van der Waals surface area contributed by atoms with Crippen molar-refractivity contribution in [3.63, 3.8) is 0 Å². The molecule has 1 amide bonds. The number of benzene rings is 2. The first-order chi connectivity index (χ1) is 16.3. The molecular weight excluding hydrogens is 492 g/mol. The molecule has 2 unspecified atom stereocenters. The fraction of sp³-hybridized carbons (Fsp3) is 0.440. The topological polar surface area (TPSA) is 113 Å². The Morgan fingerprint density at radius 3 is 2.51 bits per heavy atom. The molecular formula is C25H29ClN2O6S. The highest BCUT2D eigenvalue weighted by molar-refractivity contribution is 7.92. The van der Waals surface area contributed by atoms with Crippen LogP contribution in [0.1, 0.15) is 50.4 Å². The van der Waals surface area contributed by atoms with Gasteiger partial charge in [-0.25, -0.2) is 13.2 Å². The number of amides is 1. The number of esters is 1. The summed E-state index contributed by atoms with van der Waals surface area (Å²) in [6.45, 7) is 6.73. The van der Waals surface area contributed by atoms with E-state index in [4.69, 9.17) is 16.3 Å². The Hall–Kier alpha value is -2.78. The zero-order chi connectivity index (χ0) is 25.6. The standard InChI is InChI=1S/C25H29ClN2O6S/c1-24(2)11-18-12-25(3,14-24)15-28(18)22(30)13-34-23(31)20-10-19(8-9-21(20)29)35(32,33)27-17-6-4-16(26)5-7-17/h4-10,18,27,29H,11-15H2,1-3H3. The Bertz CT molecular complexity index is 1260. The van der Waals surface area contributed by atoms with E-state index in [0.717, 1.165) is 31.4 Å². The van der Waals surface area contributed by atoms with Crippen molar-refractivity contribution in [2.45, 2.75) is 51.0 Å². The molecule has 1 aliphatic heterocycles. The molecule has 2 N–H and O–H groups in total. The molecule has 35 heavy (non-hydrogen) atoms. The molecule has 8 nitrogen and oxygen atoms in total. The highest BCUT2D eigenvalue weighted by atomic mass is 35.5. The summed E-state index contributed by atoms with van der Waals surface area (Å²) in [4.78, 5) is 27.1. The summed E-state index contributed by atoms with van der Waals surface area (Å²) in [5.74, 6) is -1.72. The van der Waals surface area contributed by atoms with Gasteiger partial charge in [0.1, 0.15) is 11.3 Å². The monoisotopic (exact) mass is 520 g/mol. The van der Waals surface area contributed by atoms with Gasteiger partial charge in [-0.1, -0.05) is 32.4 Å². The number of hydrogen-bond donors (Lipinski definition) is 2. The summed E-state index contributed by atoms with van der Waals surface area (Å²) >= 11 is 5.83. The number of hydrogen-bond acceptors (Lipinski definition) is 6. The number of halogens is 1. The average Bonchev–Trinajstić information content (AvgIpc) is 3.02. The van der Waals surface area contributed by atoms with Crippen molar-refractivity contribution in [1.29, 1.82) is 0 Å². The number of fused-ring (bicyclic) bond motifs is 2. The Balaban J connectivity index is 1.44. The number of nitrogens with one attached hydrogen (secondary N) is 1. The Labute approximate surface area is 210 Å². The Morgan fingerprint density at radius 1 is 1.14 bits per heavy atom. The highest BCUT2D eigenvalue weighted by Gasteiger charge is 2.51. The van der Waals surface area contributed by atoms with Crippen LogP contribution >= 0.6 is 11.6 Å². The number of phenolic OH excluding ortho intramolecular Hbond substituents is 1. The first kappa shape index (κ1) is 25.3. The van der Waals surface area contributed by atoms with Crippen molar-refractivity contribution in [2.75, 3.05) is 17.9 Å². The summed E-state index contributed by atoms with van der Waals surface area (Å²) in [7, 11) is -4.06. The molecule has 188 valence electrons. The maximum atomic E-state index is 12.9. The second kappa shape index (κ2) is 9.02. The predicted molar refractivity (Wildman–Crippen MR) is 132 cm³/mol. The molecule has 0 spiro atoms. The molecule has 2 bridgehead atoms. The third-order valence-corrected chi connectivity index (χ3v) is 8.29. The van der Waals surface area contributed by atoms with E-state index in [1.807, 2.05) is 0 Å². The van der Waals surface area contributed by atoms with E-state index < -0.39 is 28.3 Å². The molecule has 1 heterocycles. The minimum Gasteiger partial charge on any atom is -0.507 e. The van der Waals surface area contributed by atoms with E-state index in [1.165, 1.54) is 30.3 Å². The van der Waals surface area contributed by atoms with Crippen LogP contribution in [0, 0.1) is 10.8 Å². The summed E-state index contributed by atoms with van der Waals surface area (Å²) in [5, 5.41) is 10.6. The van der Waals surface area contributed by atoms with E-state index in [2.05, 4.69) is 25.5 Å². The van der Waals surface area contributed by atoms with Crippen LogP contribution in [0.5, 0.6) is 5.75 Å². The van der Waals surface area contributed by atoms with E-state index in [1.54, 1.807) is 4.90 Å². The maximum Gasteiger partial charge on any atom is 0.342 e. The molecule has 2 atom stereocenters. The van der Waals surface area contributed by atoms with Gasteiger partial charge in [0.25, 0.3) is 15.9 Å². The molecule has 10 heteroatoms. The number of carbonyl (C=O) groups is 2. The summed E-state index contributed by atoms with van der Waals surface area (Å²) in [6, 6.07) is 9.45. The first-order valence-corrected chi connectivity index (χ1v) is 13.2. The normalized spacial score (nSPS) is 23.1. The number of anilines is 1. The average molecular weight is 521 g/mol.